The zero-order chi connectivity index (χ0) is 8.48. The van der Waals surface area contributed by atoms with E-state index in [0.29, 0.717) is 5.41 Å². The van der Waals surface area contributed by atoms with Crippen LogP contribution in [0, 0.1) is 5.41 Å². The van der Waals surface area contributed by atoms with Gasteiger partial charge in [-0.1, -0.05) is 44.1 Å². The van der Waals surface area contributed by atoms with Crippen LogP contribution in [0.1, 0.15) is 40.5 Å². The summed E-state index contributed by atoms with van der Waals surface area (Å²) in [6.07, 6.45) is 7.06. The van der Waals surface area contributed by atoms with Gasteiger partial charge < -0.3 is 0 Å². The maximum absolute atomic E-state index is 2.34. The topological polar surface area (TPSA) is 0 Å². The Morgan fingerprint density at radius 3 is 2.45 bits per heavy atom. The Morgan fingerprint density at radius 2 is 2.09 bits per heavy atom. The molecule has 1 rings (SSSR count). The molecule has 0 amide bonds. The monoisotopic (exact) mass is 150 g/mol. The molecule has 0 radical (unpaired) electrons. The van der Waals surface area contributed by atoms with Crippen molar-refractivity contribution in [2.24, 2.45) is 5.41 Å². The van der Waals surface area contributed by atoms with Crippen LogP contribution < -0.4 is 0 Å². The quantitative estimate of drug-likeness (QED) is 0.563. The van der Waals surface area contributed by atoms with E-state index in [1.54, 1.807) is 5.57 Å². The third kappa shape index (κ3) is 1.74. The molecule has 0 atom stereocenters. The zero-order valence-corrected chi connectivity index (χ0v) is 8.07. The highest BCUT2D eigenvalue weighted by Crippen LogP contribution is 2.36. The molecule has 0 unspecified atom stereocenters. The van der Waals surface area contributed by atoms with Crippen molar-refractivity contribution in [2.45, 2.75) is 40.5 Å². The van der Waals surface area contributed by atoms with Crippen LogP contribution in [0.3, 0.4) is 0 Å². The Hall–Kier alpha value is -0.520. The Labute approximate surface area is 70.0 Å². The number of allylic oxidation sites excluding steroid dienone is 4. The molecule has 0 aromatic rings. The summed E-state index contributed by atoms with van der Waals surface area (Å²) in [6.45, 7) is 9.09. The summed E-state index contributed by atoms with van der Waals surface area (Å²) in [5, 5.41) is 0. The van der Waals surface area contributed by atoms with E-state index in [4.69, 9.17) is 0 Å². The van der Waals surface area contributed by atoms with E-state index in [-0.39, 0.29) is 0 Å². The fourth-order valence-corrected chi connectivity index (χ4v) is 1.36. The summed E-state index contributed by atoms with van der Waals surface area (Å²) >= 11 is 0. The van der Waals surface area contributed by atoms with E-state index in [9.17, 15) is 0 Å². The van der Waals surface area contributed by atoms with Crippen LogP contribution in [0.4, 0.5) is 0 Å². The van der Waals surface area contributed by atoms with Crippen LogP contribution in [0.5, 0.6) is 0 Å². The van der Waals surface area contributed by atoms with Gasteiger partial charge in [0.1, 0.15) is 0 Å². The van der Waals surface area contributed by atoms with Crippen molar-refractivity contribution in [3.63, 3.8) is 0 Å². The van der Waals surface area contributed by atoms with E-state index in [1.165, 1.54) is 18.4 Å². The summed E-state index contributed by atoms with van der Waals surface area (Å²) in [5.74, 6) is 0. The lowest BCUT2D eigenvalue weighted by molar-refractivity contribution is 0.424. The zero-order valence-electron chi connectivity index (χ0n) is 8.07. The molecule has 0 aromatic heterocycles. The summed E-state index contributed by atoms with van der Waals surface area (Å²) in [4.78, 5) is 0. The van der Waals surface area contributed by atoms with Gasteiger partial charge >= 0.3 is 0 Å². The van der Waals surface area contributed by atoms with E-state index >= 15 is 0 Å². The smallest absolute Gasteiger partial charge is 0.0125 e. The van der Waals surface area contributed by atoms with Crippen LogP contribution in [0.25, 0.3) is 0 Å². The van der Waals surface area contributed by atoms with Gasteiger partial charge in [0.25, 0.3) is 0 Å². The van der Waals surface area contributed by atoms with Gasteiger partial charge in [-0.3, -0.25) is 0 Å². The third-order valence-electron chi connectivity index (χ3n) is 2.80. The molecule has 0 nitrogen and oxygen atoms in total. The fourth-order valence-electron chi connectivity index (χ4n) is 1.36. The lowest BCUT2D eigenvalue weighted by atomic mass is 9.81. The minimum Gasteiger partial charge on any atom is -0.0775 e. The van der Waals surface area contributed by atoms with E-state index < -0.39 is 0 Å². The highest BCUT2D eigenvalue weighted by atomic mass is 14.3. The maximum atomic E-state index is 2.34. The van der Waals surface area contributed by atoms with Crippen LogP contribution in [0.15, 0.2) is 23.3 Å². The molecule has 1 aliphatic carbocycles. The Bertz CT molecular complexity index is 204. The van der Waals surface area contributed by atoms with Gasteiger partial charge in [0.2, 0.25) is 0 Å². The molecule has 0 heteroatoms. The summed E-state index contributed by atoms with van der Waals surface area (Å²) in [7, 11) is 0. The number of rotatable bonds is 2. The first-order valence-electron chi connectivity index (χ1n) is 4.44. The molecule has 0 spiro atoms. The predicted molar refractivity (Wildman–Crippen MR) is 50.5 cm³/mol. The largest absolute Gasteiger partial charge is 0.0775 e. The molecular formula is C11H18. The van der Waals surface area contributed by atoms with Gasteiger partial charge in [-0.2, -0.15) is 0 Å². The van der Waals surface area contributed by atoms with Crippen molar-refractivity contribution in [1.29, 1.82) is 0 Å². The second kappa shape index (κ2) is 2.84. The molecule has 0 saturated heterocycles. The van der Waals surface area contributed by atoms with Crippen LogP contribution in [0.2, 0.25) is 0 Å². The fraction of sp³-hybridized carbons (Fsp3) is 0.636. The highest BCUT2D eigenvalue weighted by Gasteiger charge is 2.21. The van der Waals surface area contributed by atoms with Gasteiger partial charge in [0, 0.05) is 0 Å². The van der Waals surface area contributed by atoms with E-state index in [2.05, 4.69) is 39.8 Å². The normalized spacial score (nSPS) is 18.2. The minimum absolute atomic E-state index is 0.411. The third-order valence-corrected chi connectivity index (χ3v) is 2.80. The lowest BCUT2D eigenvalue weighted by Gasteiger charge is -2.24. The molecule has 0 aromatic carbocycles. The molecule has 0 fully saturated rings. The number of hydrogen-bond donors (Lipinski definition) is 0. The van der Waals surface area contributed by atoms with Crippen LogP contribution in [-0.4, -0.2) is 0 Å². The minimum atomic E-state index is 0.411. The SMILES string of the molecule is CCC(C)(C)C1=CC(C)=CC1. The average molecular weight is 150 g/mol. The van der Waals surface area contributed by atoms with Crippen molar-refractivity contribution in [2.75, 3.05) is 0 Å². The second-order valence-corrected chi connectivity index (χ2v) is 4.06. The van der Waals surface area contributed by atoms with Gasteiger partial charge in [-0.25, -0.2) is 0 Å². The first kappa shape index (κ1) is 8.58. The first-order chi connectivity index (χ1) is 5.06. The molecule has 1 aliphatic rings. The van der Waals surface area contributed by atoms with Crippen molar-refractivity contribution in [3.05, 3.63) is 23.3 Å². The van der Waals surface area contributed by atoms with Gasteiger partial charge in [0.05, 0.1) is 0 Å². The molecule has 11 heavy (non-hydrogen) atoms. The van der Waals surface area contributed by atoms with Crippen molar-refractivity contribution >= 4 is 0 Å². The predicted octanol–water partition coefficient (Wildman–Crippen LogP) is 3.70. The van der Waals surface area contributed by atoms with Gasteiger partial charge in [-0.05, 0) is 25.2 Å². The first-order valence-corrected chi connectivity index (χ1v) is 4.44. The Balaban J connectivity index is 2.72. The maximum Gasteiger partial charge on any atom is -0.0125 e. The van der Waals surface area contributed by atoms with Crippen molar-refractivity contribution in [3.8, 4) is 0 Å². The molecule has 0 bridgehead atoms. The molecule has 0 aliphatic heterocycles. The summed E-state index contributed by atoms with van der Waals surface area (Å²) < 4.78 is 0. The van der Waals surface area contributed by atoms with Gasteiger partial charge in [-0.15, -0.1) is 0 Å². The lowest BCUT2D eigenvalue weighted by Crippen LogP contribution is -2.11. The van der Waals surface area contributed by atoms with E-state index in [0.717, 1.165) is 0 Å². The average Bonchev–Trinajstić information content (AvgIpc) is 2.36. The Morgan fingerprint density at radius 1 is 1.45 bits per heavy atom. The van der Waals surface area contributed by atoms with Crippen LogP contribution in [-0.2, 0) is 0 Å². The second-order valence-electron chi connectivity index (χ2n) is 4.06. The molecule has 0 saturated carbocycles. The summed E-state index contributed by atoms with van der Waals surface area (Å²) in [5.41, 5.74) is 3.44. The van der Waals surface area contributed by atoms with Crippen molar-refractivity contribution < 1.29 is 0 Å². The van der Waals surface area contributed by atoms with Crippen molar-refractivity contribution in [1.82, 2.24) is 0 Å². The van der Waals surface area contributed by atoms with Crippen LogP contribution >= 0.6 is 0 Å². The molecule has 0 N–H and O–H groups in total. The highest BCUT2D eigenvalue weighted by molar-refractivity contribution is 5.34. The number of hydrogen-bond acceptors (Lipinski definition) is 0. The molecule has 62 valence electrons. The molecule has 0 heterocycles. The Kier molecular flexibility index (Phi) is 2.22. The summed E-state index contributed by atoms with van der Waals surface area (Å²) in [6, 6.07) is 0. The molecular weight excluding hydrogens is 132 g/mol. The van der Waals surface area contributed by atoms with E-state index in [1.807, 2.05) is 0 Å². The standard InChI is InChI=1S/C11H18/c1-5-11(3,4)10-7-6-9(2)8-10/h6,8H,5,7H2,1-4H3. The van der Waals surface area contributed by atoms with Gasteiger partial charge in [0.15, 0.2) is 0 Å².